The Morgan fingerprint density at radius 3 is 2.73 bits per heavy atom. The Morgan fingerprint density at radius 2 is 2.27 bits per heavy atom. The second-order valence-electron chi connectivity index (χ2n) is 1.80. The molecule has 0 spiro atoms. The molecule has 0 aromatic carbocycles. The molecule has 0 saturated carbocycles. The molecule has 1 rings (SSSR count). The third-order valence-electron chi connectivity index (χ3n) is 1.07. The molecule has 3 N–H and O–H groups in total. The number of aromatic nitrogens is 2. The second kappa shape index (κ2) is 2.30. The number of nitrogens with two attached hydrogens (primary N) is 1. The summed E-state index contributed by atoms with van der Waals surface area (Å²) in [6, 6.07) is 0.963. The monoisotopic (exact) mass is 152 g/mol. The second-order valence-corrected chi connectivity index (χ2v) is 1.80. The van der Waals surface area contributed by atoms with Crippen LogP contribution in [0.15, 0.2) is 15.7 Å². The van der Waals surface area contributed by atoms with Crippen LogP contribution >= 0.6 is 0 Å². The average Bonchev–Trinajstić information content (AvgIpc) is 1.85. The SMILES string of the molecule is N#Cn1c(N)cc(=O)[nH]c1=O. The highest BCUT2D eigenvalue weighted by Crippen LogP contribution is 1.87. The zero-order chi connectivity index (χ0) is 8.43. The van der Waals surface area contributed by atoms with E-state index in [1.165, 1.54) is 6.19 Å². The zero-order valence-electron chi connectivity index (χ0n) is 5.37. The summed E-state index contributed by atoms with van der Waals surface area (Å²) >= 11 is 0. The first-order valence-electron chi connectivity index (χ1n) is 2.67. The molecule has 0 saturated heterocycles. The highest BCUT2D eigenvalue weighted by molar-refractivity contribution is 5.29. The predicted molar refractivity (Wildman–Crippen MR) is 36.7 cm³/mol. The van der Waals surface area contributed by atoms with E-state index in [0.29, 0.717) is 4.57 Å². The average molecular weight is 152 g/mol. The van der Waals surface area contributed by atoms with Crippen LogP contribution in [0.1, 0.15) is 0 Å². The van der Waals surface area contributed by atoms with Gasteiger partial charge in [-0.25, -0.2) is 4.79 Å². The molecule has 0 atom stereocenters. The van der Waals surface area contributed by atoms with Crippen LogP contribution in [-0.2, 0) is 0 Å². The first-order valence-corrected chi connectivity index (χ1v) is 2.67. The molecular weight excluding hydrogens is 148 g/mol. The summed E-state index contributed by atoms with van der Waals surface area (Å²) in [5.41, 5.74) is 3.72. The van der Waals surface area contributed by atoms with Gasteiger partial charge in [0.1, 0.15) is 5.82 Å². The summed E-state index contributed by atoms with van der Waals surface area (Å²) in [4.78, 5) is 23.1. The van der Waals surface area contributed by atoms with Crippen molar-refractivity contribution in [2.24, 2.45) is 0 Å². The molecule has 1 aromatic heterocycles. The third kappa shape index (κ3) is 1.11. The largest absolute Gasteiger partial charge is 0.384 e. The molecule has 1 aromatic rings. The van der Waals surface area contributed by atoms with Crippen LogP contribution in [0.25, 0.3) is 0 Å². The van der Waals surface area contributed by atoms with Crippen molar-refractivity contribution in [3.63, 3.8) is 0 Å². The van der Waals surface area contributed by atoms with Crippen LogP contribution in [0.4, 0.5) is 5.82 Å². The standard InChI is InChI=1S/C5H4N4O2/c6-2-9-3(7)1-4(10)8-5(9)11/h1H,7H2,(H,8,10,11). The van der Waals surface area contributed by atoms with Crippen LogP contribution in [-0.4, -0.2) is 9.55 Å². The number of nitrogens with zero attached hydrogens (tertiary/aromatic N) is 2. The van der Waals surface area contributed by atoms with Gasteiger partial charge >= 0.3 is 5.69 Å². The normalized spacial score (nSPS) is 9.00. The van der Waals surface area contributed by atoms with Crippen LogP contribution < -0.4 is 17.0 Å². The Balaban J connectivity index is 3.66. The molecule has 0 amide bonds. The van der Waals surface area contributed by atoms with E-state index in [1.54, 1.807) is 0 Å². The Labute approximate surface area is 60.5 Å². The number of nitrogen functional groups attached to an aromatic ring is 1. The molecule has 0 aliphatic carbocycles. The molecule has 0 bridgehead atoms. The number of rotatable bonds is 0. The molecule has 11 heavy (non-hydrogen) atoms. The van der Waals surface area contributed by atoms with E-state index in [2.05, 4.69) is 0 Å². The molecule has 6 heteroatoms. The molecule has 56 valence electrons. The fourth-order valence-corrected chi connectivity index (χ4v) is 0.617. The molecule has 0 radical (unpaired) electrons. The minimum absolute atomic E-state index is 0.166. The van der Waals surface area contributed by atoms with Gasteiger partial charge in [-0.3, -0.25) is 9.78 Å². The van der Waals surface area contributed by atoms with Crippen molar-refractivity contribution >= 4 is 5.82 Å². The van der Waals surface area contributed by atoms with Crippen LogP contribution in [0.2, 0.25) is 0 Å². The number of H-pyrrole nitrogens is 1. The van der Waals surface area contributed by atoms with Crippen LogP contribution in [0.5, 0.6) is 0 Å². The first-order chi connectivity index (χ1) is 5.15. The van der Waals surface area contributed by atoms with E-state index in [9.17, 15) is 9.59 Å². The Kier molecular flexibility index (Phi) is 1.48. The molecule has 1 heterocycles. The van der Waals surface area contributed by atoms with Crippen molar-refractivity contribution in [2.45, 2.75) is 0 Å². The van der Waals surface area contributed by atoms with Gasteiger partial charge in [0.25, 0.3) is 5.56 Å². The van der Waals surface area contributed by atoms with Crippen molar-refractivity contribution in [2.75, 3.05) is 5.73 Å². The highest BCUT2D eigenvalue weighted by Gasteiger charge is 1.99. The Morgan fingerprint density at radius 1 is 1.64 bits per heavy atom. The van der Waals surface area contributed by atoms with Gasteiger partial charge in [0.15, 0.2) is 6.19 Å². The van der Waals surface area contributed by atoms with Gasteiger partial charge in [-0.1, -0.05) is 0 Å². The molecule has 0 unspecified atom stereocenters. The summed E-state index contributed by atoms with van der Waals surface area (Å²) < 4.78 is 0.585. The highest BCUT2D eigenvalue weighted by atomic mass is 16.2. The van der Waals surface area contributed by atoms with Crippen molar-refractivity contribution in [1.82, 2.24) is 9.55 Å². The molecule has 6 nitrogen and oxygen atoms in total. The summed E-state index contributed by atoms with van der Waals surface area (Å²) in [7, 11) is 0. The lowest BCUT2D eigenvalue weighted by molar-refractivity contribution is 0.922. The van der Waals surface area contributed by atoms with E-state index in [4.69, 9.17) is 11.0 Å². The van der Waals surface area contributed by atoms with Gasteiger partial charge < -0.3 is 5.73 Å². The third-order valence-corrected chi connectivity index (χ3v) is 1.07. The summed E-state index contributed by atoms with van der Waals surface area (Å²) in [6.45, 7) is 0. The number of aromatic amines is 1. The number of hydrogen-bond donors (Lipinski definition) is 2. The maximum Gasteiger partial charge on any atom is 0.343 e. The van der Waals surface area contributed by atoms with E-state index in [-0.39, 0.29) is 5.82 Å². The number of hydrogen-bond acceptors (Lipinski definition) is 4. The van der Waals surface area contributed by atoms with Crippen molar-refractivity contribution in [3.05, 3.63) is 26.9 Å². The van der Waals surface area contributed by atoms with Crippen molar-refractivity contribution < 1.29 is 0 Å². The molecule has 0 fully saturated rings. The van der Waals surface area contributed by atoms with E-state index in [0.717, 1.165) is 6.07 Å². The maximum absolute atomic E-state index is 10.7. The van der Waals surface area contributed by atoms with E-state index in [1.807, 2.05) is 4.98 Å². The minimum atomic E-state index is -0.822. The zero-order valence-corrected chi connectivity index (χ0v) is 5.37. The molecule has 0 aliphatic rings. The van der Waals surface area contributed by atoms with E-state index < -0.39 is 11.2 Å². The summed E-state index contributed by atoms with van der Waals surface area (Å²) in [5, 5.41) is 8.30. The van der Waals surface area contributed by atoms with Gasteiger partial charge in [-0.2, -0.15) is 9.83 Å². The topological polar surface area (TPSA) is 105 Å². The van der Waals surface area contributed by atoms with Gasteiger partial charge in [-0.15, -0.1) is 0 Å². The maximum atomic E-state index is 10.7. The van der Waals surface area contributed by atoms with Gasteiger partial charge in [0.2, 0.25) is 0 Å². The van der Waals surface area contributed by atoms with Gasteiger partial charge in [0.05, 0.1) is 0 Å². The summed E-state index contributed by atoms with van der Waals surface area (Å²) in [5.74, 6) is -0.166. The Bertz CT molecular complexity index is 421. The van der Waals surface area contributed by atoms with Crippen molar-refractivity contribution in [3.8, 4) is 6.19 Å². The smallest absolute Gasteiger partial charge is 0.343 e. The number of anilines is 1. The van der Waals surface area contributed by atoms with E-state index >= 15 is 0 Å². The lowest BCUT2D eigenvalue weighted by atomic mass is 10.6. The minimum Gasteiger partial charge on any atom is -0.384 e. The fourth-order valence-electron chi connectivity index (χ4n) is 0.617. The predicted octanol–water partition coefficient (Wildman–Crippen LogP) is -1.55. The van der Waals surface area contributed by atoms with Crippen LogP contribution in [0.3, 0.4) is 0 Å². The quantitative estimate of drug-likeness (QED) is 0.469. The molecule has 0 aliphatic heterocycles. The first kappa shape index (κ1) is 7.08. The van der Waals surface area contributed by atoms with Crippen molar-refractivity contribution in [1.29, 1.82) is 5.26 Å². The number of nitriles is 1. The van der Waals surface area contributed by atoms with Crippen LogP contribution in [0, 0.1) is 11.5 Å². The lowest BCUT2D eigenvalue weighted by Crippen LogP contribution is -2.29. The lowest BCUT2D eigenvalue weighted by Gasteiger charge is -1.94. The summed E-state index contributed by atoms with van der Waals surface area (Å²) in [6.07, 6.45) is 1.50. The van der Waals surface area contributed by atoms with Gasteiger partial charge in [0, 0.05) is 6.07 Å². The molecular formula is C5H4N4O2. The number of nitrogens with one attached hydrogen (secondary N) is 1. The van der Waals surface area contributed by atoms with Gasteiger partial charge in [-0.05, 0) is 0 Å². The fraction of sp³-hybridized carbons (Fsp3) is 0. The Hall–Kier alpha value is -2.03.